The predicted molar refractivity (Wildman–Crippen MR) is 47.5 cm³/mol. The zero-order chi connectivity index (χ0) is 9.97. The molecule has 2 aromatic rings. The van der Waals surface area contributed by atoms with Gasteiger partial charge in [-0.3, -0.25) is 14.8 Å². The van der Waals surface area contributed by atoms with Gasteiger partial charge in [0.2, 0.25) is 5.95 Å². The number of hydrogen-bond donors (Lipinski definition) is 2. The summed E-state index contributed by atoms with van der Waals surface area (Å²) in [6, 6.07) is 0. The van der Waals surface area contributed by atoms with Gasteiger partial charge < -0.3 is 4.98 Å². The smallest absolute Gasteiger partial charge is 0.280 e. The Balaban J connectivity index is 2.10. The minimum Gasteiger partial charge on any atom is -0.331 e. The van der Waals surface area contributed by atoms with E-state index >= 15 is 0 Å². The van der Waals surface area contributed by atoms with Gasteiger partial charge in [-0.1, -0.05) is 5.21 Å². The first-order chi connectivity index (χ1) is 6.75. The third-order valence-electron chi connectivity index (χ3n) is 1.57. The van der Waals surface area contributed by atoms with E-state index in [1.807, 2.05) is 0 Å². The van der Waals surface area contributed by atoms with Crippen LogP contribution in [-0.2, 0) is 7.05 Å². The molecule has 14 heavy (non-hydrogen) atoms. The van der Waals surface area contributed by atoms with E-state index in [0.29, 0.717) is 5.95 Å². The Morgan fingerprint density at radius 1 is 1.64 bits per heavy atom. The topological polar surface area (TPSA) is 88.5 Å². The molecule has 2 heterocycles. The lowest BCUT2D eigenvalue weighted by Gasteiger charge is -1.95. The molecule has 0 aromatic carbocycles. The fraction of sp³-hybridized carbons (Fsp3) is 0.143. The van der Waals surface area contributed by atoms with Crippen LogP contribution in [0, 0.1) is 0 Å². The Morgan fingerprint density at radius 2 is 2.50 bits per heavy atom. The van der Waals surface area contributed by atoms with Gasteiger partial charge in [0.25, 0.3) is 5.91 Å². The van der Waals surface area contributed by atoms with Crippen LogP contribution in [0.15, 0.2) is 18.6 Å². The van der Waals surface area contributed by atoms with Crippen LogP contribution in [0.1, 0.15) is 10.5 Å². The standard InChI is InChI=1S/C7H8N6O/c1-13-4-5(11-12-13)6(14)10-7-8-2-3-9-7/h2-4H,1H3,(H2,8,9,10,14). The van der Waals surface area contributed by atoms with E-state index in [1.165, 1.54) is 10.9 Å². The Bertz CT molecular complexity index is 431. The first-order valence-corrected chi connectivity index (χ1v) is 3.93. The number of carbonyl (C=O) groups is 1. The second kappa shape index (κ2) is 3.29. The molecular weight excluding hydrogens is 184 g/mol. The quantitative estimate of drug-likeness (QED) is 0.689. The van der Waals surface area contributed by atoms with Gasteiger partial charge in [-0.25, -0.2) is 4.98 Å². The van der Waals surface area contributed by atoms with E-state index in [-0.39, 0.29) is 11.6 Å². The first-order valence-electron chi connectivity index (χ1n) is 3.93. The number of rotatable bonds is 2. The molecule has 1 amide bonds. The number of aromatic nitrogens is 5. The number of aryl methyl sites for hydroxylation is 1. The maximum Gasteiger partial charge on any atom is 0.280 e. The molecule has 7 nitrogen and oxygen atoms in total. The highest BCUT2D eigenvalue weighted by atomic mass is 16.2. The van der Waals surface area contributed by atoms with Crippen molar-refractivity contribution >= 4 is 11.9 Å². The molecule has 0 radical (unpaired) electrons. The van der Waals surface area contributed by atoms with Gasteiger partial charge in [-0.05, 0) is 0 Å². The van der Waals surface area contributed by atoms with Gasteiger partial charge in [-0.2, -0.15) is 0 Å². The highest BCUT2D eigenvalue weighted by molar-refractivity contribution is 6.01. The van der Waals surface area contributed by atoms with E-state index in [9.17, 15) is 4.79 Å². The number of imidazole rings is 1. The third-order valence-corrected chi connectivity index (χ3v) is 1.57. The molecule has 0 unspecified atom stereocenters. The number of H-pyrrole nitrogens is 1. The summed E-state index contributed by atoms with van der Waals surface area (Å²) >= 11 is 0. The van der Waals surface area contributed by atoms with E-state index in [4.69, 9.17) is 0 Å². The fourth-order valence-corrected chi connectivity index (χ4v) is 0.957. The van der Waals surface area contributed by atoms with Crippen molar-refractivity contribution in [2.75, 3.05) is 5.32 Å². The van der Waals surface area contributed by atoms with Crippen LogP contribution in [0.3, 0.4) is 0 Å². The van der Waals surface area contributed by atoms with Crippen molar-refractivity contribution in [3.05, 3.63) is 24.3 Å². The molecule has 0 spiro atoms. The molecule has 0 fully saturated rings. The van der Waals surface area contributed by atoms with Crippen molar-refractivity contribution in [3.8, 4) is 0 Å². The van der Waals surface area contributed by atoms with E-state index in [0.717, 1.165) is 0 Å². The monoisotopic (exact) mass is 192 g/mol. The van der Waals surface area contributed by atoms with Gasteiger partial charge in [0.15, 0.2) is 5.69 Å². The van der Waals surface area contributed by atoms with Gasteiger partial charge in [0, 0.05) is 19.4 Å². The van der Waals surface area contributed by atoms with Gasteiger partial charge in [0.05, 0.1) is 6.20 Å². The second-order valence-electron chi connectivity index (χ2n) is 2.67. The second-order valence-corrected chi connectivity index (χ2v) is 2.67. The molecule has 72 valence electrons. The maximum atomic E-state index is 11.4. The fourth-order valence-electron chi connectivity index (χ4n) is 0.957. The molecule has 2 aromatic heterocycles. The van der Waals surface area contributed by atoms with Crippen LogP contribution in [-0.4, -0.2) is 30.9 Å². The maximum absolute atomic E-state index is 11.4. The molecule has 7 heteroatoms. The van der Waals surface area contributed by atoms with E-state index in [1.54, 1.807) is 19.4 Å². The van der Waals surface area contributed by atoms with Gasteiger partial charge in [-0.15, -0.1) is 5.10 Å². The summed E-state index contributed by atoms with van der Waals surface area (Å²) in [5, 5.41) is 9.83. The van der Waals surface area contributed by atoms with Crippen LogP contribution < -0.4 is 5.32 Å². The summed E-state index contributed by atoms with van der Waals surface area (Å²) in [6.45, 7) is 0. The molecular formula is C7H8N6O. The summed E-state index contributed by atoms with van der Waals surface area (Å²) in [7, 11) is 1.69. The predicted octanol–water partition coefficient (Wildman–Crippen LogP) is -0.210. The van der Waals surface area contributed by atoms with Gasteiger partial charge >= 0.3 is 0 Å². The molecule has 2 rings (SSSR count). The Kier molecular flexibility index (Phi) is 1.98. The highest BCUT2D eigenvalue weighted by Gasteiger charge is 2.10. The number of anilines is 1. The van der Waals surface area contributed by atoms with E-state index < -0.39 is 0 Å². The molecule has 0 atom stereocenters. The number of nitrogens with one attached hydrogen (secondary N) is 2. The minimum atomic E-state index is -0.340. The van der Waals surface area contributed by atoms with Crippen molar-refractivity contribution in [3.63, 3.8) is 0 Å². The number of carbonyl (C=O) groups excluding carboxylic acids is 1. The van der Waals surface area contributed by atoms with Crippen molar-refractivity contribution in [1.29, 1.82) is 0 Å². The van der Waals surface area contributed by atoms with Gasteiger partial charge in [0.1, 0.15) is 0 Å². The third kappa shape index (κ3) is 1.60. The summed E-state index contributed by atoms with van der Waals surface area (Å²) in [5.41, 5.74) is 0.254. The average Bonchev–Trinajstić information content (AvgIpc) is 2.75. The van der Waals surface area contributed by atoms with Crippen molar-refractivity contribution < 1.29 is 4.79 Å². The lowest BCUT2D eigenvalue weighted by molar-refractivity contribution is 0.102. The molecule has 0 aliphatic heterocycles. The van der Waals surface area contributed by atoms with Crippen LogP contribution >= 0.6 is 0 Å². The summed E-state index contributed by atoms with van der Waals surface area (Å²) < 4.78 is 1.46. The zero-order valence-electron chi connectivity index (χ0n) is 7.43. The van der Waals surface area contributed by atoms with Crippen LogP contribution in [0.4, 0.5) is 5.95 Å². The molecule has 0 aliphatic carbocycles. The lowest BCUT2D eigenvalue weighted by atomic mass is 10.4. The normalized spacial score (nSPS) is 10.1. The number of nitrogens with zero attached hydrogens (tertiary/aromatic N) is 4. The zero-order valence-corrected chi connectivity index (χ0v) is 7.43. The van der Waals surface area contributed by atoms with Crippen LogP contribution in [0.2, 0.25) is 0 Å². The summed E-state index contributed by atoms with van der Waals surface area (Å²) in [5.74, 6) is 0.0497. The molecule has 2 N–H and O–H groups in total. The SMILES string of the molecule is Cn1cc(C(=O)Nc2ncc[nH]2)nn1. The summed E-state index contributed by atoms with van der Waals surface area (Å²) in [6.07, 6.45) is 4.69. The van der Waals surface area contributed by atoms with Crippen molar-refractivity contribution in [1.82, 2.24) is 25.0 Å². The van der Waals surface area contributed by atoms with Crippen molar-refractivity contribution in [2.24, 2.45) is 7.05 Å². The number of amides is 1. The molecule has 0 aliphatic rings. The summed E-state index contributed by atoms with van der Waals surface area (Å²) in [4.78, 5) is 18.0. The van der Waals surface area contributed by atoms with Crippen LogP contribution in [0.25, 0.3) is 0 Å². The Morgan fingerprint density at radius 3 is 3.07 bits per heavy atom. The number of hydrogen-bond acceptors (Lipinski definition) is 4. The van der Waals surface area contributed by atoms with Crippen molar-refractivity contribution in [2.45, 2.75) is 0 Å². The molecule has 0 saturated carbocycles. The molecule has 0 bridgehead atoms. The first kappa shape index (κ1) is 8.42. The average molecular weight is 192 g/mol. The Hall–Kier alpha value is -2.18. The minimum absolute atomic E-state index is 0.254. The largest absolute Gasteiger partial charge is 0.331 e. The number of aromatic amines is 1. The lowest BCUT2D eigenvalue weighted by Crippen LogP contribution is -2.13. The van der Waals surface area contributed by atoms with Crippen LogP contribution in [0.5, 0.6) is 0 Å². The highest BCUT2D eigenvalue weighted by Crippen LogP contribution is 1.99. The Labute approximate surface area is 79.2 Å². The molecule has 0 saturated heterocycles. The van der Waals surface area contributed by atoms with E-state index in [2.05, 4.69) is 25.6 Å².